The van der Waals surface area contributed by atoms with Crippen molar-refractivity contribution in [3.05, 3.63) is 29.8 Å². The normalized spacial score (nSPS) is 14.3. The van der Waals surface area contributed by atoms with E-state index in [2.05, 4.69) is 18.3 Å². The van der Waals surface area contributed by atoms with E-state index < -0.39 is 10.8 Å². The maximum atomic E-state index is 11.0. The molecule has 1 aromatic carbocycles. The molecule has 0 heterocycles. The molecule has 0 aliphatic rings. The van der Waals surface area contributed by atoms with E-state index in [9.17, 15) is 4.21 Å². The van der Waals surface area contributed by atoms with Crippen LogP contribution >= 0.6 is 0 Å². The molecule has 0 saturated carbocycles. The molecule has 0 aliphatic heterocycles. The summed E-state index contributed by atoms with van der Waals surface area (Å²) in [4.78, 5) is 0. The predicted octanol–water partition coefficient (Wildman–Crippen LogP) is 1.94. The van der Waals surface area contributed by atoms with Crippen molar-refractivity contribution in [1.82, 2.24) is 5.32 Å². The smallest absolute Gasteiger partial charge is 0.119 e. The lowest BCUT2D eigenvalue weighted by molar-refractivity contribution is 0.413. The zero-order valence-electron chi connectivity index (χ0n) is 10.7. The maximum Gasteiger partial charge on any atom is 0.119 e. The fourth-order valence-corrected chi connectivity index (χ4v) is 2.20. The van der Waals surface area contributed by atoms with Crippen molar-refractivity contribution in [3.63, 3.8) is 0 Å². The summed E-state index contributed by atoms with van der Waals surface area (Å²) in [5.41, 5.74) is 1.20. The minimum Gasteiger partial charge on any atom is -0.497 e. The third-order valence-corrected chi connectivity index (χ3v) is 3.44. The van der Waals surface area contributed by atoms with Crippen LogP contribution in [0.1, 0.15) is 18.9 Å². The van der Waals surface area contributed by atoms with Gasteiger partial charge in [-0.3, -0.25) is 4.21 Å². The van der Waals surface area contributed by atoms with E-state index in [1.165, 1.54) is 5.56 Å². The highest BCUT2D eigenvalue weighted by Crippen LogP contribution is 2.12. The summed E-state index contributed by atoms with van der Waals surface area (Å²) in [6.45, 7) is 2.93. The third kappa shape index (κ3) is 5.84. The lowest BCUT2D eigenvalue weighted by atomic mass is 10.2. The summed E-state index contributed by atoms with van der Waals surface area (Å²) < 4.78 is 16.1. The van der Waals surface area contributed by atoms with Gasteiger partial charge in [0, 0.05) is 35.4 Å². The van der Waals surface area contributed by atoms with Gasteiger partial charge in [0.05, 0.1) is 7.11 Å². The van der Waals surface area contributed by atoms with Gasteiger partial charge in [0.2, 0.25) is 0 Å². The van der Waals surface area contributed by atoms with Crippen molar-refractivity contribution in [2.45, 2.75) is 25.9 Å². The second-order valence-corrected chi connectivity index (χ2v) is 5.75. The van der Waals surface area contributed by atoms with E-state index in [4.69, 9.17) is 4.74 Å². The van der Waals surface area contributed by atoms with Gasteiger partial charge in [-0.1, -0.05) is 12.1 Å². The molecule has 0 saturated heterocycles. The molecule has 0 amide bonds. The van der Waals surface area contributed by atoms with Gasteiger partial charge in [-0.25, -0.2) is 0 Å². The fraction of sp³-hybridized carbons (Fsp3) is 0.538. The van der Waals surface area contributed by atoms with Crippen LogP contribution < -0.4 is 10.1 Å². The van der Waals surface area contributed by atoms with Gasteiger partial charge in [-0.15, -0.1) is 0 Å². The molecule has 4 heteroatoms. The molecular formula is C13H21NO2S. The number of ether oxygens (including phenoxy) is 1. The fourth-order valence-electron chi connectivity index (χ4n) is 1.52. The monoisotopic (exact) mass is 255 g/mol. The van der Waals surface area contributed by atoms with E-state index in [0.29, 0.717) is 6.04 Å². The summed E-state index contributed by atoms with van der Waals surface area (Å²) in [5.74, 6) is 1.64. The van der Waals surface area contributed by atoms with E-state index in [-0.39, 0.29) is 0 Å². The van der Waals surface area contributed by atoms with Crippen molar-refractivity contribution in [3.8, 4) is 5.75 Å². The summed E-state index contributed by atoms with van der Waals surface area (Å²) in [7, 11) is 0.973. The Hall–Kier alpha value is -0.870. The molecule has 0 spiro atoms. The molecule has 1 N–H and O–H groups in total. The van der Waals surface area contributed by atoms with E-state index in [0.717, 1.165) is 24.5 Å². The van der Waals surface area contributed by atoms with Crippen LogP contribution in [0.2, 0.25) is 0 Å². The Morgan fingerprint density at radius 3 is 2.88 bits per heavy atom. The zero-order valence-corrected chi connectivity index (χ0v) is 11.5. The summed E-state index contributed by atoms with van der Waals surface area (Å²) in [6.07, 6.45) is 2.68. The van der Waals surface area contributed by atoms with Crippen LogP contribution in [0.4, 0.5) is 0 Å². The Morgan fingerprint density at radius 1 is 1.47 bits per heavy atom. The van der Waals surface area contributed by atoms with Crippen LogP contribution in [0.3, 0.4) is 0 Å². The van der Waals surface area contributed by atoms with E-state index >= 15 is 0 Å². The van der Waals surface area contributed by atoms with Crippen molar-refractivity contribution in [2.24, 2.45) is 0 Å². The van der Waals surface area contributed by atoms with Crippen LogP contribution in [0, 0.1) is 0 Å². The molecule has 0 radical (unpaired) electrons. The van der Waals surface area contributed by atoms with Gasteiger partial charge < -0.3 is 10.1 Å². The SMILES string of the molecule is COc1cccc(CNC(C)CCS(C)=O)c1. The Labute approximate surface area is 106 Å². The number of nitrogens with one attached hydrogen (secondary N) is 1. The van der Waals surface area contributed by atoms with Crippen molar-refractivity contribution in [1.29, 1.82) is 0 Å². The quantitative estimate of drug-likeness (QED) is 0.809. The van der Waals surface area contributed by atoms with Gasteiger partial charge in [0.25, 0.3) is 0 Å². The largest absolute Gasteiger partial charge is 0.497 e. The first-order valence-electron chi connectivity index (χ1n) is 5.78. The molecule has 0 fully saturated rings. The van der Waals surface area contributed by atoms with Crippen LogP contribution in [-0.4, -0.2) is 29.4 Å². The Morgan fingerprint density at radius 2 is 2.24 bits per heavy atom. The minimum atomic E-state index is -0.699. The van der Waals surface area contributed by atoms with Gasteiger partial charge in [0.15, 0.2) is 0 Å². The van der Waals surface area contributed by atoms with Crippen LogP contribution in [0.25, 0.3) is 0 Å². The number of hydrogen-bond acceptors (Lipinski definition) is 3. The second kappa shape index (κ2) is 7.45. The molecule has 0 bridgehead atoms. The van der Waals surface area contributed by atoms with Crippen LogP contribution in [0.5, 0.6) is 5.75 Å². The molecule has 0 aromatic heterocycles. The molecule has 2 atom stereocenters. The predicted molar refractivity (Wildman–Crippen MR) is 72.8 cm³/mol. The number of rotatable bonds is 7. The lowest BCUT2D eigenvalue weighted by Gasteiger charge is -2.13. The number of hydrogen-bond donors (Lipinski definition) is 1. The van der Waals surface area contributed by atoms with Gasteiger partial charge in [-0.05, 0) is 31.0 Å². The molecule has 0 aliphatic carbocycles. The van der Waals surface area contributed by atoms with E-state index in [1.807, 2.05) is 18.2 Å². The average Bonchev–Trinajstić information content (AvgIpc) is 2.34. The molecule has 2 unspecified atom stereocenters. The van der Waals surface area contributed by atoms with Crippen LogP contribution in [0.15, 0.2) is 24.3 Å². The molecule has 17 heavy (non-hydrogen) atoms. The second-order valence-electron chi connectivity index (χ2n) is 4.20. The standard InChI is InChI=1S/C13H21NO2S/c1-11(7-8-17(3)15)14-10-12-5-4-6-13(9-12)16-2/h4-6,9,11,14H,7-8,10H2,1-3H3. The Balaban J connectivity index is 2.36. The molecule has 3 nitrogen and oxygen atoms in total. The highest BCUT2D eigenvalue weighted by Gasteiger charge is 2.03. The van der Waals surface area contributed by atoms with Crippen molar-refractivity contribution in [2.75, 3.05) is 19.1 Å². The minimum absolute atomic E-state index is 0.380. The topological polar surface area (TPSA) is 38.3 Å². The number of benzene rings is 1. The summed E-state index contributed by atoms with van der Waals surface area (Å²) in [6, 6.07) is 8.40. The lowest BCUT2D eigenvalue weighted by Crippen LogP contribution is -2.26. The first-order chi connectivity index (χ1) is 8.11. The van der Waals surface area contributed by atoms with Gasteiger partial charge in [-0.2, -0.15) is 0 Å². The summed E-state index contributed by atoms with van der Waals surface area (Å²) >= 11 is 0. The first kappa shape index (κ1) is 14.2. The highest BCUT2D eigenvalue weighted by molar-refractivity contribution is 7.84. The highest BCUT2D eigenvalue weighted by atomic mass is 32.2. The van der Waals surface area contributed by atoms with Crippen molar-refractivity contribution >= 4 is 10.8 Å². The molecule has 1 aromatic rings. The molecule has 1 rings (SSSR count). The van der Waals surface area contributed by atoms with Gasteiger partial charge in [0.1, 0.15) is 5.75 Å². The van der Waals surface area contributed by atoms with Gasteiger partial charge >= 0.3 is 0 Å². The molecular weight excluding hydrogens is 234 g/mol. The van der Waals surface area contributed by atoms with E-state index in [1.54, 1.807) is 13.4 Å². The zero-order chi connectivity index (χ0) is 12.7. The first-order valence-corrected chi connectivity index (χ1v) is 7.51. The molecule has 96 valence electrons. The number of methoxy groups -OCH3 is 1. The van der Waals surface area contributed by atoms with Crippen LogP contribution in [-0.2, 0) is 17.3 Å². The Bertz CT molecular complexity index is 368. The third-order valence-electron chi connectivity index (χ3n) is 2.63. The maximum absolute atomic E-state index is 11.0. The van der Waals surface area contributed by atoms with Crippen molar-refractivity contribution < 1.29 is 8.95 Å². The Kier molecular flexibility index (Phi) is 6.22. The average molecular weight is 255 g/mol. The summed E-state index contributed by atoms with van der Waals surface area (Å²) in [5, 5.41) is 3.42.